The fourth-order valence-electron chi connectivity index (χ4n) is 8.69. The van der Waals surface area contributed by atoms with Gasteiger partial charge in [0.05, 0.1) is 57.5 Å². The van der Waals surface area contributed by atoms with Crippen LogP contribution in [0.3, 0.4) is 0 Å². The van der Waals surface area contributed by atoms with Gasteiger partial charge in [-0.05, 0) is 143 Å². The molecule has 0 radical (unpaired) electrons. The van der Waals surface area contributed by atoms with Crippen LogP contribution in [0.4, 0.5) is 0 Å². The fourth-order valence-corrected chi connectivity index (χ4v) is 8.69. The summed E-state index contributed by atoms with van der Waals surface area (Å²) in [5, 5.41) is -6.23. The monoisotopic (exact) mass is 833 g/mol. The molecule has 0 saturated heterocycles. The zero-order valence-corrected chi connectivity index (χ0v) is 31.5. The van der Waals surface area contributed by atoms with Crippen LogP contribution in [0.15, 0.2) is 230 Å². The van der Waals surface area contributed by atoms with Gasteiger partial charge in [0.2, 0.25) is 0 Å². The topological polar surface area (TPSA) is 0 Å². The number of rotatable bonds is 5. The summed E-state index contributed by atoms with van der Waals surface area (Å²) in [7, 11) is 0. The van der Waals surface area contributed by atoms with E-state index in [4.69, 9.17) is 15.1 Å². The molecule has 0 amide bonds. The van der Waals surface area contributed by atoms with E-state index in [1.54, 1.807) is 0 Å². The Hall–Kier alpha value is -8.06. The molecule has 0 heterocycles. The van der Waals surface area contributed by atoms with Crippen LogP contribution in [-0.2, 0) is 5.41 Å². The molecule has 1 aliphatic carbocycles. The molecule has 0 unspecified atom stereocenters. The predicted molar refractivity (Wildman–Crippen MR) is 267 cm³/mol. The number of fused-ring (bicyclic) bond motifs is 3. The maximum absolute atomic E-state index is 10.7. The summed E-state index contributed by atoms with van der Waals surface area (Å²) in [5.41, 5.74) is -16.4. The summed E-state index contributed by atoms with van der Waals surface area (Å²) in [6.07, 6.45) is 0. The molecule has 0 N–H and O–H groups in total. The molecule has 0 aliphatic heterocycles. The zero-order chi connectivity index (χ0) is 74.3. The van der Waals surface area contributed by atoms with Crippen LogP contribution in [0.2, 0.25) is 0 Å². The molecule has 290 valence electrons. The number of hydrogen-bond acceptors (Lipinski definition) is 0. The van der Waals surface area contributed by atoms with Gasteiger partial charge in [-0.15, -0.1) is 0 Å². The van der Waals surface area contributed by atoms with E-state index in [1.165, 1.54) is 0 Å². The molecule has 0 heteroatoms. The minimum Gasteiger partial charge on any atom is -0.0622 e. The van der Waals surface area contributed by atoms with Crippen molar-refractivity contribution >= 4 is 64.6 Å². The molecular weight excluding hydrogens is 757 g/mol. The van der Waals surface area contributed by atoms with Crippen molar-refractivity contribution in [2.24, 2.45) is 0 Å². The first-order chi connectivity index (χ1) is 47.1. The van der Waals surface area contributed by atoms with E-state index in [0.717, 1.165) is 0 Å². The molecule has 0 aromatic heterocycles. The summed E-state index contributed by atoms with van der Waals surface area (Å²) < 4.78 is 359. The van der Waals surface area contributed by atoms with E-state index in [1.807, 2.05) is 0 Å². The minimum absolute atomic E-state index is 0.357. The second kappa shape index (κ2) is 13.0. The Bertz CT molecular complexity index is 6020. The van der Waals surface area contributed by atoms with Crippen molar-refractivity contribution in [1.29, 1.82) is 0 Å². The average molecular weight is 833 g/mol. The van der Waals surface area contributed by atoms with Crippen LogP contribution < -0.4 is 0 Å². The second-order valence-corrected chi connectivity index (χ2v) is 14.5. The fraction of sp³-hybridized carbons (Fsp3) is 0.0159. The second-order valence-electron chi connectivity index (χ2n) is 14.5. The summed E-state index contributed by atoms with van der Waals surface area (Å²) in [6.45, 7) is 0. The summed E-state index contributed by atoms with van der Waals surface area (Å²) in [6, 6.07) is -41.3. The van der Waals surface area contributed by atoms with E-state index >= 15 is 0 Å². The number of hydrogen-bond donors (Lipinski definition) is 0. The van der Waals surface area contributed by atoms with E-state index in [9.17, 15) is 37.0 Å². The lowest BCUT2D eigenvalue weighted by Gasteiger charge is -2.34. The van der Waals surface area contributed by atoms with Crippen LogP contribution >= 0.6 is 0 Å². The Balaban J connectivity index is 1.20. The van der Waals surface area contributed by atoms with Crippen LogP contribution in [-0.4, -0.2) is 0 Å². The van der Waals surface area contributed by atoms with E-state index in [0.29, 0.717) is 0 Å². The largest absolute Gasteiger partial charge is 0.0713 e. The lowest BCUT2D eigenvalue weighted by molar-refractivity contribution is 0.769. The minimum atomic E-state index is -3.62. The van der Waals surface area contributed by atoms with Crippen molar-refractivity contribution in [3.8, 4) is 44.5 Å². The van der Waals surface area contributed by atoms with Gasteiger partial charge in [-0.3, -0.25) is 0 Å². The Labute approximate surface area is 419 Å². The maximum Gasteiger partial charge on any atom is 0.0713 e. The normalized spacial score (nSPS) is 21.7. The van der Waals surface area contributed by atoms with E-state index in [-0.39, 0.29) is 5.39 Å². The van der Waals surface area contributed by atoms with Crippen LogP contribution in [0.5, 0.6) is 0 Å². The summed E-state index contributed by atoms with van der Waals surface area (Å²) in [4.78, 5) is 0. The van der Waals surface area contributed by atoms with Gasteiger partial charge in [0.25, 0.3) is 0 Å². The zero-order valence-electron chi connectivity index (χ0n) is 69.5. The first-order valence-electron chi connectivity index (χ1n) is 38.0. The first-order valence-corrected chi connectivity index (χ1v) is 19.0. The predicted octanol–water partition coefficient (Wildman–Crippen LogP) is 16.8. The van der Waals surface area contributed by atoms with Gasteiger partial charge in [0.1, 0.15) is 0 Å². The van der Waals surface area contributed by atoms with E-state index < -0.39 is 361 Å². The molecular formula is C63H38. The Morgan fingerprint density at radius 3 is 1.13 bits per heavy atom. The first kappa shape index (κ1) is 14.2. The highest BCUT2D eigenvalue weighted by atomic mass is 14.5. The van der Waals surface area contributed by atoms with Crippen molar-refractivity contribution in [1.82, 2.24) is 0 Å². The number of benzene rings is 13. The molecule has 14 rings (SSSR count). The van der Waals surface area contributed by atoms with Gasteiger partial charge >= 0.3 is 0 Å². The Morgan fingerprint density at radius 1 is 0.254 bits per heavy atom. The van der Waals surface area contributed by atoms with Gasteiger partial charge in [0.15, 0.2) is 0 Å². The molecule has 63 heavy (non-hydrogen) atoms. The Morgan fingerprint density at radius 2 is 0.619 bits per heavy atom. The molecule has 0 nitrogen and oxygen atoms in total. The molecule has 0 atom stereocenters. The Kier molecular flexibility index (Phi) is 2.93. The van der Waals surface area contributed by atoms with Crippen molar-refractivity contribution in [2.45, 2.75) is 5.41 Å². The van der Waals surface area contributed by atoms with Gasteiger partial charge in [-0.25, -0.2) is 0 Å². The SMILES string of the molecule is [2H]c1c([2H])c([2H])c(C2(c3c([2H])c([2H])c([2H])c([2H])c3[2H])c3c([2H])c(-c4c([2H])c([2H])c(-c5c([2H])c([2H])c6c([2H])c([2H])c7c([2H])c([2H])c([2H])c8c([2H])c([2H])c5c6c78)c([2H])c4[2H])c([2H])c([2H])c3-c3c([2H])c([2H])c(-c4c([2H])c([2H])c5c([2H])c([2H])c6c([2H])c([2H])c([2H])c7c([2H])c([2H])c4c5c67)c([2H])c32)c([2H])c1[2H]. The standard InChI is InChI=1S/C63H38/c1-3-13-49(14-4-1)63(50-15-5-2-6-16-50)57-37-47(39-17-19-40(20-18-39)51-31-25-45-23-21-41-9-7-11-43-27-35-55(51)61(45)59(41)43)29-33-53(57)54-34-30-48(38-58(54)63)52-32-26-46-24-22-42-10-8-12-44-28-36-56(52)62(46)60(42)44/h1-38H/i1D,2D,3D,4D,5D,6D,7D,8D,9D,10D,11D,12D,13D,14D,15D,16D,17D,18D,19D,20D,21D,22D,23D,24D,25D,26D,27D,28D,29D,30D,31D,32D,33D,34D,35D,36D,37D,38D. The third kappa shape index (κ3) is 4.81. The van der Waals surface area contributed by atoms with Crippen molar-refractivity contribution in [3.05, 3.63) is 252 Å². The van der Waals surface area contributed by atoms with Crippen LogP contribution in [0, 0.1) is 0 Å². The van der Waals surface area contributed by atoms with Gasteiger partial charge in [-0.2, -0.15) is 0 Å². The van der Waals surface area contributed by atoms with Crippen molar-refractivity contribution in [2.75, 3.05) is 0 Å². The average Bonchev–Trinajstić information content (AvgIpc) is 1.53. The molecule has 0 fully saturated rings. The molecule has 13 aromatic rings. The van der Waals surface area contributed by atoms with Crippen molar-refractivity contribution < 1.29 is 52.1 Å². The van der Waals surface area contributed by atoms with Gasteiger partial charge in [-0.1, -0.05) is 218 Å². The molecule has 13 aromatic carbocycles. The highest BCUT2D eigenvalue weighted by molar-refractivity contribution is 6.26. The maximum atomic E-state index is 10.7. The molecule has 0 spiro atoms. The van der Waals surface area contributed by atoms with Gasteiger partial charge < -0.3 is 0 Å². The lowest BCUT2D eigenvalue weighted by atomic mass is 9.67. The lowest BCUT2D eigenvalue weighted by Crippen LogP contribution is -2.28. The summed E-state index contributed by atoms with van der Waals surface area (Å²) >= 11 is 0. The van der Waals surface area contributed by atoms with Gasteiger partial charge in [0, 0.05) is 0 Å². The highest BCUT2D eigenvalue weighted by Crippen LogP contribution is 2.58. The highest BCUT2D eigenvalue weighted by Gasteiger charge is 2.46. The third-order valence-corrected chi connectivity index (χ3v) is 11.4. The molecule has 1 aliphatic rings. The van der Waals surface area contributed by atoms with Crippen LogP contribution in [0.25, 0.3) is 109 Å². The van der Waals surface area contributed by atoms with Crippen molar-refractivity contribution in [3.63, 3.8) is 0 Å². The summed E-state index contributed by atoms with van der Waals surface area (Å²) in [5.74, 6) is 0. The smallest absolute Gasteiger partial charge is 0.0622 e. The molecule has 0 saturated carbocycles. The quantitative estimate of drug-likeness (QED) is 0.152. The van der Waals surface area contributed by atoms with E-state index in [2.05, 4.69) is 0 Å². The molecule has 0 bridgehead atoms. The third-order valence-electron chi connectivity index (χ3n) is 11.4. The van der Waals surface area contributed by atoms with Crippen LogP contribution in [0.1, 0.15) is 74.3 Å².